The van der Waals surface area contributed by atoms with Gasteiger partial charge in [0.25, 0.3) is 5.91 Å². The molecule has 1 heterocycles. The number of rotatable bonds is 6. The van der Waals surface area contributed by atoms with E-state index in [9.17, 15) is 4.79 Å². The van der Waals surface area contributed by atoms with Crippen LogP contribution >= 0.6 is 15.9 Å². The highest BCUT2D eigenvalue weighted by Gasteiger charge is 2.15. The van der Waals surface area contributed by atoms with E-state index in [0.717, 1.165) is 6.42 Å². The summed E-state index contributed by atoms with van der Waals surface area (Å²) in [5, 5.41) is 2.87. The largest absolute Gasteiger partial charge is 0.486 e. The first kappa shape index (κ1) is 15.1. The highest BCUT2D eigenvalue weighted by molar-refractivity contribution is 9.09. The second kappa shape index (κ2) is 7.50. The van der Waals surface area contributed by atoms with Crippen LogP contribution in [-0.4, -0.2) is 44.2 Å². The summed E-state index contributed by atoms with van der Waals surface area (Å²) in [6, 6.07) is 5.22. The van der Waals surface area contributed by atoms with Crippen molar-refractivity contribution in [3.63, 3.8) is 0 Å². The van der Waals surface area contributed by atoms with Gasteiger partial charge < -0.3 is 19.5 Å². The minimum absolute atomic E-state index is 0.112. The number of fused-ring (bicyclic) bond motifs is 1. The minimum atomic E-state index is -0.112. The lowest BCUT2D eigenvalue weighted by molar-refractivity contribution is 0.0950. The minimum Gasteiger partial charge on any atom is -0.486 e. The molecular weight excluding hydrogens is 326 g/mol. The number of carbonyl (C=O) groups excluding carboxylic acids is 1. The third kappa shape index (κ3) is 4.11. The van der Waals surface area contributed by atoms with E-state index in [1.807, 2.05) is 0 Å². The van der Waals surface area contributed by atoms with Gasteiger partial charge in [0.1, 0.15) is 13.2 Å². The van der Waals surface area contributed by atoms with Gasteiger partial charge in [-0.3, -0.25) is 4.79 Å². The predicted octanol–water partition coefficient (Wildman–Crippen LogP) is 1.99. The molecule has 1 atom stereocenters. The van der Waals surface area contributed by atoms with Gasteiger partial charge in [0.2, 0.25) is 0 Å². The maximum atomic E-state index is 12.0. The van der Waals surface area contributed by atoms with Crippen molar-refractivity contribution in [2.45, 2.75) is 11.2 Å². The van der Waals surface area contributed by atoms with Gasteiger partial charge in [-0.05, 0) is 24.6 Å². The number of hydrogen-bond donors (Lipinski definition) is 1. The monoisotopic (exact) mass is 343 g/mol. The Kier molecular flexibility index (Phi) is 5.67. The molecule has 1 aliphatic heterocycles. The molecule has 0 spiro atoms. The third-order valence-electron chi connectivity index (χ3n) is 2.90. The summed E-state index contributed by atoms with van der Waals surface area (Å²) in [4.78, 5) is 12.3. The average molecular weight is 344 g/mol. The molecular formula is C14H18BrNO4. The van der Waals surface area contributed by atoms with Gasteiger partial charge in [-0.2, -0.15) is 0 Å². The summed E-state index contributed by atoms with van der Waals surface area (Å²) < 4.78 is 15.9. The van der Waals surface area contributed by atoms with Crippen molar-refractivity contribution in [2.24, 2.45) is 0 Å². The van der Waals surface area contributed by atoms with Gasteiger partial charge >= 0.3 is 0 Å². The smallest absolute Gasteiger partial charge is 0.251 e. The number of alkyl halides is 1. The molecule has 1 unspecified atom stereocenters. The predicted molar refractivity (Wildman–Crippen MR) is 79.0 cm³/mol. The summed E-state index contributed by atoms with van der Waals surface area (Å²) in [5.74, 6) is 1.20. The van der Waals surface area contributed by atoms with Crippen LogP contribution < -0.4 is 14.8 Å². The van der Waals surface area contributed by atoms with Crippen LogP contribution in [0.3, 0.4) is 0 Å². The summed E-state index contributed by atoms with van der Waals surface area (Å²) >= 11 is 3.48. The molecule has 1 amide bonds. The Morgan fingerprint density at radius 2 is 2.15 bits per heavy atom. The van der Waals surface area contributed by atoms with E-state index >= 15 is 0 Å². The maximum Gasteiger partial charge on any atom is 0.251 e. The van der Waals surface area contributed by atoms with Crippen molar-refractivity contribution in [2.75, 3.05) is 33.5 Å². The molecule has 0 radical (unpaired) electrons. The van der Waals surface area contributed by atoms with E-state index in [1.165, 1.54) is 0 Å². The highest BCUT2D eigenvalue weighted by Crippen LogP contribution is 2.30. The van der Waals surface area contributed by atoms with Crippen LogP contribution in [0.4, 0.5) is 0 Å². The first-order valence-corrected chi connectivity index (χ1v) is 7.43. The number of ether oxygens (including phenoxy) is 3. The molecule has 0 aromatic heterocycles. The van der Waals surface area contributed by atoms with E-state index in [1.54, 1.807) is 25.3 Å². The van der Waals surface area contributed by atoms with Crippen LogP contribution in [0.2, 0.25) is 0 Å². The number of halogens is 1. The number of benzene rings is 1. The molecule has 1 aromatic rings. The lowest BCUT2D eigenvalue weighted by atomic mass is 10.1. The standard InChI is InChI=1S/C14H18BrNO4/c1-18-9-11(15)4-5-16-14(17)10-2-3-12-13(8-10)20-7-6-19-12/h2-3,8,11H,4-7,9H2,1H3,(H,16,17). The quantitative estimate of drug-likeness (QED) is 0.802. The number of amides is 1. The molecule has 1 aliphatic rings. The van der Waals surface area contributed by atoms with E-state index in [2.05, 4.69) is 21.2 Å². The number of methoxy groups -OCH3 is 1. The molecule has 1 aromatic carbocycles. The normalized spacial score (nSPS) is 14.7. The number of hydrogen-bond acceptors (Lipinski definition) is 4. The molecule has 5 nitrogen and oxygen atoms in total. The van der Waals surface area contributed by atoms with Gasteiger partial charge in [-0.25, -0.2) is 0 Å². The first-order valence-electron chi connectivity index (χ1n) is 6.51. The zero-order valence-electron chi connectivity index (χ0n) is 11.4. The zero-order chi connectivity index (χ0) is 14.4. The maximum absolute atomic E-state index is 12.0. The van der Waals surface area contributed by atoms with Crippen LogP contribution in [-0.2, 0) is 4.74 Å². The summed E-state index contributed by atoms with van der Waals surface area (Å²) in [6.07, 6.45) is 0.810. The second-order valence-corrected chi connectivity index (χ2v) is 5.75. The molecule has 2 rings (SSSR count). The molecule has 0 bridgehead atoms. The van der Waals surface area contributed by atoms with Gasteiger partial charge in [0, 0.05) is 24.0 Å². The molecule has 0 fully saturated rings. The molecule has 20 heavy (non-hydrogen) atoms. The van der Waals surface area contributed by atoms with Crippen molar-refractivity contribution in [3.05, 3.63) is 23.8 Å². The molecule has 110 valence electrons. The van der Waals surface area contributed by atoms with Crippen LogP contribution in [0, 0.1) is 0 Å². The Hall–Kier alpha value is -1.27. The van der Waals surface area contributed by atoms with E-state index in [-0.39, 0.29) is 10.7 Å². The van der Waals surface area contributed by atoms with E-state index < -0.39 is 0 Å². The molecule has 0 saturated carbocycles. The fourth-order valence-electron chi connectivity index (χ4n) is 1.89. The average Bonchev–Trinajstić information content (AvgIpc) is 2.47. The van der Waals surface area contributed by atoms with E-state index in [0.29, 0.717) is 43.4 Å². The highest BCUT2D eigenvalue weighted by atomic mass is 79.9. The Labute approximate surface area is 126 Å². The Morgan fingerprint density at radius 1 is 1.40 bits per heavy atom. The van der Waals surface area contributed by atoms with Crippen LogP contribution in [0.15, 0.2) is 18.2 Å². The Bertz CT molecular complexity index is 466. The van der Waals surface area contributed by atoms with Crippen molar-refractivity contribution in [1.29, 1.82) is 0 Å². The number of carbonyl (C=O) groups is 1. The van der Waals surface area contributed by atoms with Crippen LogP contribution in [0.1, 0.15) is 16.8 Å². The molecule has 0 aliphatic carbocycles. The molecule has 6 heteroatoms. The Balaban J connectivity index is 1.86. The third-order valence-corrected chi connectivity index (χ3v) is 3.62. The van der Waals surface area contributed by atoms with Gasteiger partial charge in [-0.15, -0.1) is 0 Å². The SMILES string of the molecule is COCC(Br)CCNC(=O)c1ccc2c(c1)OCCO2. The second-order valence-electron chi connectivity index (χ2n) is 4.46. The topological polar surface area (TPSA) is 56.8 Å². The van der Waals surface area contributed by atoms with E-state index in [4.69, 9.17) is 14.2 Å². The fourth-order valence-corrected chi connectivity index (χ4v) is 2.39. The van der Waals surface area contributed by atoms with Crippen molar-refractivity contribution < 1.29 is 19.0 Å². The van der Waals surface area contributed by atoms with Crippen molar-refractivity contribution in [3.8, 4) is 11.5 Å². The molecule has 0 saturated heterocycles. The summed E-state index contributed by atoms with van der Waals surface area (Å²) in [5.41, 5.74) is 0.576. The van der Waals surface area contributed by atoms with Crippen molar-refractivity contribution >= 4 is 21.8 Å². The summed E-state index contributed by atoms with van der Waals surface area (Å²) in [6.45, 7) is 2.28. The summed E-state index contributed by atoms with van der Waals surface area (Å²) in [7, 11) is 1.65. The van der Waals surface area contributed by atoms with Gasteiger partial charge in [-0.1, -0.05) is 15.9 Å². The lowest BCUT2D eigenvalue weighted by Gasteiger charge is -2.18. The van der Waals surface area contributed by atoms with Crippen molar-refractivity contribution in [1.82, 2.24) is 5.32 Å². The van der Waals surface area contributed by atoms with Gasteiger partial charge in [0.15, 0.2) is 11.5 Å². The fraction of sp³-hybridized carbons (Fsp3) is 0.500. The number of nitrogens with one attached hydrogen (secondary N) is 1. The molecule has 1 N–H and O–H groups in total. The Morgan fingerprint density at radius 3 is 2.90 bits per heavy atom. The van der Waals surface area contributed by atoms with Crippen LogP contribution in [0.5, 0.6) is 11.5 Å². The lowest BCUT2D eigenvalue weighted by Crippen LogP contribution is -2.27. The zero-order valence-corrected chi connectivity index (χ0v) is 12.9. The van der Waals surface area contributed by atoms with Gasteiger partial charge in [0.05, 0.1) is 6.61 Å². The van der Waals surface area contributed by atoms with Crippen LogP contribution in [0.25, 0.3) is 0 Å². The first-order chi connectivity index (χ1) is 9.70.